The van der Waals surface area contributed by atoms with Crippen molar-refractivity contribution in [3.63, 3.8) is 0 Å². The van der Waals surface area contributed by atoms with Crippen LogP contribution in [0.3, 0.4) is 0 Å². The molecule has 0 spiro atoms. The summed E-state index contributed by atoms with van der Waals surface area (Å²) in [5.74, 6) is 0.143. The molecule has 3 rings (SSSR count). The second kappa shape index (κ2) is 4.22. The summed E-state index contributed by atoms with van der Waals surface area (Å²) in [6, 6.07) is 8.26. The number of nitrogen functional groups attached to an aromatic ring is 1. The Morgan fingerprint density at radius 1 is 1.10 bits per heavy atom. The molecule has 2 aromatic heterocycles. The van der Waals surface area contributed by atoms with Crippen LogP contribution in [0.4, 0.5) is 19.0 Å². The molecule has 0 aliphatic heterocycles. The largest absolute Gasteiger partial charge is 0.417 e. The highest BCUT2D eigenvalue weighted by Gasteiger charge is 2.34. The standard InChI is InChI=1S/C13H9F3N4/c14-13(15,16)9-4-2-1-3-8(9)10-7-11(17)19-12-5-6-18-20(10)12/h1-7H,(H2,17,19). The van der Waals surface area contributed by atoms with Crippen LogP contribution in [0.5, 0.6) is 0 Å². The third-order valence-electron chi connectivity index (χ3n) is 2.89. The Hall–Kier alpha value is -2.57. The minimum Gasteiger partial charge on any atom is -0.384 e. The average Bonchev–Trinajstić information content (AvgIpc) is 2.84. The monoisotopic (exact) mass is 278 g/mol. The van der Waals surface area contributed by atoms with Crippen LogP contribution < -0.4 is 5.73 Å². The van der Waals surface area contributed by atoms with Crippen LogP contribution in [0.25, 0.3) is 16.9 Å². The Labute approximate surface area is 111 Å². The first-order valence-corrected chi connectivity index (χ1v) is 5.73. The molecule has 0 amide bonds. The Morgan fingerprint density at radius 2 is 1.85 bits per heavy atom. The second-order valence-corrected chi connectivity index (χ2v) is 4.21. The lowest BCUT2D eigenvalue weighted by atomic mass is 10.0. The lowest BCUT2D eigenvalue weighted by Crippen LogP contribution is -2.09. The molecule has 0 radical (unpaired) electrons. The molecular weight excluding hydrogens is 269 g/mol. The molecule has 0 unspecified atom stereocenters. The summed E-state index contributed by atoms with van der Waals surface area (Å²) in [5.41, 5.74) is 5.58. The van der Waals surface area contributed by atoms with Crippen LogP contribution in [0, 0.1) is 0 Å². The van der Waals surface area contributed by atoms with E-state index in [4.69, 9.17) is 5.73 Å². The SMILES string of the molecule is Nc1cc(-c2ccccc2C(F)(F)F)n2nccc2n1. The molecule has 0 atom stereocenters. The number of halogens is 3. The van der Waals surface area contributed by atoms with Gasteiger partial charge in [-0.2, -0.15) is 18.3 Å². The number of rotatable bonds is 1. The predicted molar refractivity (Wildman–Crippen MR) is 67.8 cm³/mol. The summed E-state index contributed by atoms with van der Waals surface area (Å²) in [6.45, 7) is 0. The molecular formula is C13H9F3N4. The van der Waals surface area contributed by atoms with Crippen molar-refractivity contribution >= 4 is 11.5 Å². The average molecular weight is 278 g/mol. The molecule has 2 heterocycles. The maximum absolute atomic E-state index is 13.1. The van der Waals surface area contributed by atoms with Gasteiger partial charge in [-0.25, -0.2) is 9.50 Å². The molecule has 0 aliphatic rings. The smallest absolute Gasteiger partial charge is 0.384 e. The lowest BCUT2D eigenvalue weighted by molar-refractivity contribution is -0.137. The molecule has 102 valence electrons. The predicted octanol–water partition coefficient (Wildman–Crippen LogP) is 3.00. The Kier molecular flexibility index (Phi) is 2.63. The van der Waals surface area contributed by atoms with Gasteiger partial charge in [0.2, 0.25) is 0 Å². The van der Waals surface area contributed by atoms with E-state index in [2.05, 4.69) is 10.1 Å². The molecule has 0 aliphatic carbocycles. The van der Waals surface area contributed by atoms with Gasteiger partial charge in [-0.05, 0) is 6.07 Å². The van der Waals surface area contributed by atoms with Crippen LogP contribution in [0.1, 0.15) is 5.56 Å². The van der Waals surface area contributed by atoms with Crippen molar-refractivity contribution in [1.82, 2.24) is 14.6 Å². The first-order valence-electron chi connectivity index (χ1n) is 5.73. The van der Waals surface area contributed by atoms with E-state index in [1.165, 1.54) is 35.0 Å². The summed E-state index contributed by atoms with van der Waals surface area (Å²) < 4.78 is 40.6. The lowest BCUT2D eigenvalue weighted by Gasteiger charge is -2.13. The van der Waals surface area contributed by atoms with Gasteiger partial charge in [0.05, 0.1) is 17.5 Å². The highest BCUT2D eigenvalue weighted by molar-refractivity contribution is 5.69. The molecule has 3 aromatic rings. The van der Waals surface area contributed by atoms with Crippen molar-refractivity contribution in [2.24, 2.45) is 0 Å². The van der Waals surface area contributed by atoms with Crippen LogP contribution in [-0.4, -0.2) is 14.6 Å². The minimum absolute atomic E-state index is 0.0165. The van der Waals surface area contributed by atoms with Crippen LogP contribution in [0.15, 0.2) is 42.6 Å². The van der Waals surface area contributed by atoms with Gasteiger partial charge in [-0.1, -0.05) is 18.2 Å². The number of benzene rings is 1. The van der Waals surface area contributed by atoms with E-state index in [1.807, 2.05) is 0 Å². The van der Waals surface area contributed by atoms with Crippen LogP contribution in [0.2, 0.25) is 0 Å². The number of alkyl halides is 3. The highest BCUT2D eigenvalue weighted by Crippen LogP contribution is 2.37. The fourth-order valence-corrected chi connectivity index (χ4v) is 2.08. The summed E-state index contributed by atoms with van der Waals surface area (Å²) in [4.78, 5) is 4.01. The van der Waals surface area contributed by atoms with E-state index < -0.39 is 11.7 Å². The third kappa shape index (κ3) is 1.97. The zero-order valence-electron chi connectivity index (χ0n) is 10.1. The van der Waals surface area contributed by atoms with Gasteiger partial charge in [0.1, 0.15) is 5.82 Å². The fourth-order valence-electron chi connectivity index (χ4n) is 2.08. The Morgan fingerprint density at radius 3 is 2.60 bits per heavy atom. The van der Waals surface area contributed by atoms with Gasteiger partial charge in [0, 0.05) is 17.7 Å². The maximum atomic E-state index is 13.1. The van der Waals surface area contributed by atoms with Gasteiger partial charge in [-0.15, -0.1) is 0 Å². The number of aromatic nitrogens is 3. The normalized spacial score (nSPS) is 11.9. The summed E-state index contributed by atoms with van der Waals surface area (Å²) in [5, 5.41) is 3.99. The third-order valence-corrected chi connectivity index (χ3v) is 2.89. The van der Waals surface area contributed by atoms with Crippen molar-refractivity contribution in [2.75, 3.05) is 5.73 Å². The summed E-state index contributed by atoms with van der Waals surface area (Å²) >= 11 is 0. The number of anilines is 1. The molecule has 7 heteroatoms. The summed E-state index contributed by atoms with van der Waals surface area (Å²) in [6.07, 6.45) is -2.99. The molecule has 4 nitrogen and oxygen atoms in total. The minimum atomic E-state index is -4.45. The van der Waals surface area contributed by atoms with E-state index >= 15 is 0 Å². The van der Waals surface area contributed by atoms with Gasteiger partial charge in [0.25, 0.3) is 0 Å². The van der Waals surface area contributed by atoms with E-state index in [0.29, 0.717) is 5.65 Å². The van der Waals surface area contributed by atoms with E-state index in [1.54, 1.807) is 6.07 Å². The van der Waals surface area contributed by atoms with Crippen molar-refractivity contribution < 1.29 is 13.2 Å². The topological polar surface area (TPSA) is 56.2 Å². The molecule has 0 bridgehead atoms. The highest BCUT2D eigenvalue weighted by atomic mass is 19.4. The Bertz CT molecular complexity index is 777. The van der Waals surface area contributed by atoms with Gasteiger partial charge >= 0.3 is 6.18 Å². The molecule has 0 fully saturated rings. The summed E-state index contributed by atoms with van der Waals surface area (Å²) in [7, 11) is 0. The number of fused-ring (bicyclic) bond motifs is 1. The zero-order chi connectivity index (χ0) is 14.3. The maximum Gasteiger partial charge on any atom is 0.417 e. The molecule has 1 aromatic carbocycles. The van der Waals surface area contributed by atoms with Crippen molar-refractivity contribution in [3.8, 4) is 11.3 Å². The van der Waals surface area contributed by atoms with Crippen molar-refractivity contribution in [3.05, 3.63) is 48.2 Å². The first kappa shape index (κ1) is 12.5. The number of nitrogens with zero attached hydrogens (tertiary/aromatic N) is 3. The Balaban J connectivity index is 2.34. The van der Waals surface area contributed by atoms with Gasteiger partial charge in [0.15, 0.2) is 5.65 Å². The van der Waals surface area contributed by atoms with E-state index in [9.17, 15) is 13.2 Å². The molecule has 0 saturated carbocycles. The van der Waals surface area contributed by atoms with E-state index in [-0.39, 0.29) is 17.1 Å². The second-order valence-electron chi connectivity index (χ2n) is 4.21. The van der Waals surface area contributed by atoms with Crippen molar-refractivity contribution in [2.45, 2.75) is 6.18 Å². The first-order chi connectivity index (χ1) is 9.47. The zero-order valence-corrected chi connectivity index (χ0v) is 10.1. The number of hydrogen-bond acceptors (Lipinski definition) is 3. The fraction of sp³-hybridized carbons (Fsp3) is 0.0769. The van der Waals surface area contributed by atoms with Crippen molar-refractivity contribution in [1.29, 1.82) is 0 Å². The van der Waals surface area contributed by atoms with Gasteiger partial charge in [-0.3, -0.25) is 0 Å². The van der Waals surface area contributed by atoms with Crippen LogP contribution >= 0.6 is 0 Å². The molecule has 0 saturated heterocycles. The van der Waals surface area contributed by atoms with Gasteiger partial charge < -0.3 is 5.73 Å². The number of nitrogens with two attached hydrogens (primary N) is 1. The molecule has 20 heavy (non-hydrogen) atoms. The van der Waals surface area contributed by atoms with E-state index in [0.717, 1.165) is 6.07 Å². The number of hydrogen-bond donors (Lipinski definition) is 1. The molecule has 2 N–H and O–H groups in total. The van der Waals surface area contributed by atoms with Crippen LogP contribution in [-0.2, 0) is 6.18 Å². The quantitative estimate of drug-likeness (QED) is 0.744.